The average molecular weight is 502 g/mol. The third-order valence-corrected chi connectivity index (χ3v) is 9.96. The van der Waals surface area contributed by atoms with Crippen molar-refractivity contribution in [1.29, 1.82) is 0 Å². The minimum absolute atomic E-state index is 0.139. The second-order valence-electron chi connectivity index (χ2n) is 12.2. The number of alkyl halides is 1. The van der Waals surface area contributed by atoms with E-state index >= 15 is 4.39 Å². The Morgan fingerprint density at radius 2 is 1.86 bits per heavy atom. The summed E-state index contributed by atoms with van der Waals surface area (Å²) < 4.78 is 15.9. The van der Waals surface area contributed by atoms with Gasteiger partial charge in [-0.15, -0.1) is 0 Å². The van der Waals surface area contributed by atoms with E-state index in [-0.39, 0.29) is 28.9 Å². The Labute approximate surface area is 217 Å². The second kappa shape index (κ2) is 11.8. The molecule has 5 heteroatoms. The molecular weight excluding hydrogens is 453 g/mol. The van der Waals surface area contributed by atoms with E-state index in [2.05, 4.69) is 18.7 Å². The Balaban J connectivity index is 1.46. The summed E-state index contributed by atoms with van der Waals surface area (Å²) in [7, 11) is 0. The fraction of sp³-hybridized carbons (Fsp3) is 0.774. The molecular formula is C31H48FNO3. The molecule has 0 aliphatic heterocycles. The van der Waals surface area contributed by atoms with Gasteiger partial charge in [0.1, 0.15) is 11.9 Å². The minimum Gasteiger partial charge on any atom is -0.508 e. The molecule has 4 rings (SSSR count). The molecule has 0 bridgehead atoms. The Hall–Kier alpha value is -1.62. The number of rotatable bonds is 11. The fourth-order valence-corrected chi connectivity index (χ4v) is 8.06. The van der Waals surface area contributed by atoms with Crippen molar-refractivity contribution in [2.45, 2.75) is 116 Å². The number of benzene rings is 1. The van der Waals surface area contributed by atoms with Crippen molar-refractivity contribution >= 4 is 5.91 Å². The van der Waals surface area contributed by atoms with Crippen LogP contribution in [0.3, 0.4) is 0 Å². The van der Waals surface area contributed by atoms with Crippen molar-refractivity contribution in [3.05, 3.63) is 29.3 Å². The lowest BCUT2D eigenvalue weighted by Crippen LogP contribution is -2.51. The van der Waals surface area contributed by atoms with E-state index in [1.807, 2.05) is 19.1 Å². The number of phenols is 1. The number of amides is 1. The maximum absolute atomic E-state index is 15.9. The highest BCUT2D eigenvalue weighted by Gasteiger charge is 2.59. The first-order valence-corrected chi connectivity index (χ1v) is 14.7. The van der Waals surface area contributed by atoms with E-state index < -0.39 is 12.3 Å². The maximum Gasteiger partial charge on any atom is 0.222 e. The van der Waals surface area contributed by atoms with Crippen molar-refractivity contribution in [3.63, 3.8) is 0 Å². The van der Waals surface area contributed by atoms with Crippen molar-refractivity contribution < 1.29 is 19.4 Å². The molecule has 2 N–H and O–H groups in total. The van der Waals surface area contributed by atoms with Crippen LogP contribution in [0.1, 0.15) is 108 Å². The largest absolute Gasteiger partial charge is 0.508 e. The lowest BCUT2D eigenvalue weighted by atomic mass is 9.51. The summed E-state index contributed by atoms with van der Waals surface area (Å²) >= 11 is 0. The van der Waals surface area contributed by atoms with E-state index in [0.717, 1.165) is 69.2 Å². The molecule has 0 aromatic heterocycles. The summed E-state index contributed by atoms with van der Waals surface area (Å²) in [5.74, 6) is 1.28. The van der Waals surface area contributed by atoms with Crippen LogP contribution < -0.4 is 0 Å². The molecule has 3 aliphatic carbocycles. The highest BCUT2D eigenvalue weighted by Crippen LogP contribution is 2.63. The summed E-state index contributed by atoms with van der Waals surface area (Å²) in [4.78, 5) is 14.5. The first-order valence-electron chi connectivity index (χ1n) is 14.7. The van der Waals surface area contributed by atoms with Gasteiger partial charge in [0.15, 0.2) is 0 Å². The first kappa shape index (κ1) is 27.4. The zero-order chi connectivity index (χ0) is 25.9. The fourth-order valence-electron chi connectivity index (χ4n) is 8.06. The summed E-state index contributed by atoms with van der Waals surface area (Å²) in [6, 6.07) is 5.51. The molecule has 1 aromatic rings. The zero-order valence-corrected chi connectivity index (χ0v) is 22.7. The number of hydrogen-bond acceptors (Lipinski definition) is 3. The molecule has 7 atom stereocenters. The number of phenolic OH excluding ortho intramolecular Hbond substituents is 1. The molecule has 6 unspecified atom stereocenters. The van der Waals surface area contributed by atoms with Gasteiger partial charge in [0, 0.05) is 25.4 Å². The minimum atomic E-state index is -0.962. The van der Waals surface area contributed by atoms with Gasteiger partial charge in [-0.1, -0.05) is 52.5 Å². The highest BCUT2D eigenvalue weighted by molar-refractivity contribution is 5.75. The Kier molecular flexibility index (Phi) is 9.01. The predicted octanol–water partition coefficient (Wildman–Crippen LogP) is 6.77. The number of unbranched alkanes of at least 4 members (excludes halogenated alkanes) is 4. The van der Waals surface area contributed by atoms with Gasteiger partial charge in [-0.2, -0.15) is 0 Å². The molecule has 36 heavy (non-hydrogen) atoms. The average Bonchev–Trinajstić information content (AvgIpc) is 3.15. The van der Waals surface area contributed by atoms with Gasteiger partial charge in [0.2, 0.25) is 5.91 Å². The van der Waals surface area contributed by atoms with Crippen LogP contribution in [-0.2, 0) is 11.2 Å². The number of carbonyl (C=O) groups excluding carboxylic acids is 1. The van der Waals surface area contributed by atoms with E-state index in [9.17, 15) is 15.0 Å². The van der Waals surface area contributed by atoms with Crippen LogP contribution in [0, 0.1) is 23.2 Å². The molecule has 0 spiro atoms. The molecule has 1 aromatic carbocycles. The quantitative estimate of drug-likeness (QED) is 0.329. The van der Waals surface area contributed by atoms with Gasteiger partial charge >= 0.3 is 0 Å². The van der Waals surface area contributed by atoms with E-state index in [1.165, 1.54) is 19.3 Å². The van der Waals surface area contributed by atoms with Gasteiger partial charge in [0.05, 0.1) is 6.10 Å². The summed E-state index contributed by atoms with van der Waals surface area (Å²) in [6.45, 7) is 7.93. The first-order chi connectivity index (χ1) is 17.3. The van der Waals surface area contributed by atoms with Crippen LogP contribution in [0.4, 0.5) is 4.39 Å². The lowest BCUT2D eigenvalue weighted by molar-refractivity contribution is -0.131. The Morgan fingerprint density at radius 3 is 2.58 bits per heavy atom. The highest BCUT2D eigenvalue weighted by atomic mass is 19.1. The molecule has 0 heterocycles. The molecule has 202 valence electrons. The van der Waals surface area contributed by atoms with Gasteiger partial charge < -0.3 is 15.1 Å². The number of aromatic hydroxyl groups is 1. The van der Waals surface area contributed by atoms with Crippen molar-refractivity contribution in [2.75, 3.05) is 13.1 Å². The summed E-state index contributed by atoms with van der Waals surface area (Å²) in [6.07, 6.45) is 9.92. The second-order valence-corrected chi connectivity index (χ2v) is 12.2. The van der Waals surface area contributed by atoms with Crippen molar-refractivity contribution in [2.24, 2.45) is 23.2 Å². The number of halogens is 1. The molecule has 3 aliphatic rings. The van der Waals surface area contributed by atoms with Crippen LogP contribution >= 0.6 is 0 Å². The molecule has 2 fully saturated rings. The van der Waals surface area contributed by atoms with E-state index in [1.54, 1.807) is 6.07 Å². The van der Waals surface area contributed by atoms with E-state index in [4.69, 9.17) is 0 Å². The van der Waals surface area contributed by atoms with Gasteiger partial charge in [0.25, 0.3) is 0 Å². The standard InChI is InChI=1S/C31H48FNO3/c1-4-6-7-9-16-33(28(36)5-2)17-10-8-11-21-18-22-19-23(34)12-13-24(22)30-26(32)20-31(3)25(29(21)30)14-15-27(31)35/h12-13,19,21,25-27,29-30,34-35H,4-11,14-18,20H2,1-3H3/t21?,25?,26?,27?,29?,30?,31-/m0/s1. The summed E-state index contributed by atoms with van der Waals surface area (Å²) in [5.41, 5.74) is 1.84. The maximum atomic E-state index is 15.9. The molecule has 1 amide bonds. The normalized spacial score (nSPS) is 33.0. The monoisotopic (exact) mass is 501 g/mol. The molecule has 4 nitrogen and oxygen atoms in total. The number of aliphatic hydroxyl groups excluding tert-OH is 1. The molecule has 2 saturated carbocycles. The number of carbonyl (C=O) groups is 1. The van der Waals surface area contributed by atoms with Crippen LogP contribution in [0.2, 0.25) is 0 Å². The number of fused-ring (bicyclic) bond motifs is 5. The Morgan fingerprint density at radius 1 is 1.11 bits per heavy atom. The van der Waals surface area contributed by atoms with Gasteiger partial charge in [-0.3, -0.25) is 4.79 Å². The van der Waals surface area contributed by atoms with Crippen LogP contribution in [-0.4, -0.2) is 46.4 Å². The third kappa shape index (κ3) is 5.47. The zero-order valence-electron chi connectivity index (χ0n) is 22.7. The van der Waals surface area contributed by atoms with Crippen molar-refractivity contribution in [1.82, 2.24) is 4.90 Å². The number of nitrogens with zero attached hydrogens (tertiary/aromatic N) is 1. The summed E-state index contributed by atoms with van der Waals surface area (Å²) in [5, 5.41) is 21.0. The van der Waals surface area contributed by atoms with Crippen molar-refractivity contribution in [3.8, 4) is 5.75 Å². The van der Waals surface area contributed by atoms with Crippen LogP contribution in [0.5, 0.6) is 5.75 Å². The van der Waals surface area contributed by atoms with Crippen LogP contribution in [0.15, 0.2) is 18.2 Å². The number of aliphatic hydroxyl groups is 1. The predicted molar refractivity (Wildman–Crippen MR) is 143 cm³/mol. The smallest absolute Gasteiger partial charge is 0.222 e. The Bertz CT molecular complexity index is 891. The van der Waals surface area contributed by atoms with Crippen LogP contribution in [0.25, 0.3) is 0 Å². The topological polar surface area (TPSA) is 60.8 Å². The molecule has 0 radical (unpaired) electrons. The van der Waals surface area contributed by atoms with Gasteiger partial charge in [-0.05, 0) is 91.4 Å². The third-order valence-electron chi connectivity index (χ3n) is 9.96. The molecule has 0 saturated heterocycles. The number of hydrogen-bond donors (Lipinski definition) is 2. The SMILES string of the molecule is CCCCCCN(CCCCC1Cc2cc(O)ccc2C2C(F)C[C@]3(C)C(O)CCC3C12)C(=O)CC. The van der Waals surface area contributed by atoms with E-state index in [0.29, 0.717) is 24.7 Å². The lowest BCUT2D eigenvalue weighted by Gasteiger charge is -2.54. The van der Waals surface area contributed by atoms with Gasteiger partial charge in [-0.25, -0.2) is 4.39 Å².